The van der Waals surface area contributed by atoms with Crippen LogP contribution in [0.25, 0.3) is 0 Å². The minimum Gasteiger partial charge on any atom is -0.352 e. The molecule has 0 aromatic carbocycles. The van der Waals surface area contributed by atoms with Crippen LogP contribution >= 0.6 is 0 Å². The summed E-state index contributed by atoms with van der Waals surface area (Å²) < 4.78 is 0. The van der Waals surface area contributed by atoms with Crippen molar-refractivity contribution in [2.24, 2.45) is 0 Å². The quantitative estimate of drug-likeness (QED) is 0.695. The zero-order chi connectivity index (χ0) is 14.1. The fourth-order valence-corrected chi connectivity index (χ4v) is 3.10. The van der Waals surface area contributed by atoms with E-state index < -0.39 is 0 Å². The average Bonchev–Trinajstić information content (AvgIpc) is 2.70. The summed E-state index contributed by atoms with van der Waals surface area (Å²) in [7, 11) is 0. The van der Waals surface area contributed by atoms with E-state index in [1.54, 1.807) is 0 Å². The maximum absolute atomic E-state index is 12.0. The summed E-state index contributed by atoms with van der Waals surface area (Å²) in [6.45, 7) is 7.06. The molecule has 1 amide bonds. The first-order chi connectivity index (χ1) is 9.15. The molecule has 0 bridgehead atoms. The van der Waals surface area contributed by atoms with Gasteiger partial charge in [-0.05, 0) is 32.1 Å². The fourth-order valence-electron chi connectivity index (χ4n) is 3.10. The molecule has 0 atom stereocenters. The van der Waals surface area contributed by atoms with E-state index in [9.17, 15) is 4.79 Å². The number of hydrogen-bond acceptors (Lipinski definition) is 2. The molecule has 0 radical (unpaired) electrons. The van der Waals surface area contributed by atoms with Gasteiger partial charge in [0.15, 0.2) is 0 Å². The molecular weight excluding hydrogens is 236 g/mol. The van der Waals surface area contributed by atoms with E-state index in [2.05, 4.69) is 31.4 Å². The van der Waals surface area contributed by atoms with Gasteiger partial charge in [0.25, 0.3) is 0 Å². The van der Waals surface area contributed by atoms with Crippen molar-refractivity contribution in [1.82, 2.24) is 10.6 Å². The Bertz CT molecular complexity index is 245. The molecule has 0 aromatic rings. The lowest BCUT2D eigenvalue weighted by Gasteiger charge is -2.32. The van der Waals surface area contributed by atoms with Crippen molar-refractivity contribution in [3.63, 3.8) is 0 Å². The van der Waals surface area contributed by atoms with Crippen LogP contribution < -0.4 is 10.6 Å². The summed E-state index contributed by atoms with van der Waals surface area (Å²) in [6, 6.07) is 0.413. The fraction of sp³-hybridized carbons (Fsp3) is 0.938. The molecule has 2 N–H and O–H groups in total. The molecule has 1 saturated carbocycles. The molecule has 0 spiro atoms. The van der Waals surface area contributed by atoms with Crippen LogP contribution in [-0.2, 0) is 4.79 Å². The van der Waals surface area contributed by atoms with E-state index in [0.717, 1.165) is 32.1 Å². The molecule has 0 unspecified atom stereocenters. The summed E-state index contributed by atoms with van der Waals surface area (Å²) in [5.74, 6) is 0.173. The molecule has 0 aromatic heterocycles. The maximum Gasteiger partial charge on any atom is 0.234 e. The van der Waals surface area contributed by atoms with Gasteiger partial charge in [-0.25, -0.2) is 0 Å². The summed E-state index contributed by atoms with van der Waals surface area (Å²) in [6.07, 6.45) is 10.7. The summed E-state index contributed by atoms with van der Waals surface area (Å²) in [5.41, 5.74) is 0.140. The Morgan fingerprint density at radius 3 is 2.00 bits per heavy atom. The molecule has 3 heteroatoms. The van der Waals surface area contributed by atoms with Gasteiger partial charge in [0.2, 0.25) is 5.91 Å². The Kier molecular flexibility index (Phi) is 7.44. The second-order valence-electron chi connectivity index (χ2n) is 5.95. The highest BCUT2D eigenvalue weighted by Crippen LogP contribution is 2.19. The summed E-state index contributed by atoms with van der Waals surface area (Å²) >= 11 is 0. The first-order valence-corrected chi connectivity index (χ1v) is 8.20. The molecule has 3 nitrogen and oxygen atoms in total. The van der Waals surface area contributed by atoms with Gasteiger partial charge >= 0.3 is 0 Å². The van der Waals surface area contributed by atoms with Crippen LogP contribution in [0.4, 0.5) is 0 Å². The van der Waals surface area contributed by atoms with Crippen LogP contribution in [0.15, 0.2) is 0 Å². The first-order valence-electron chi connectivity index (χ1n) is 8.20. The van der Waals surface area contributed by atoms with Crippen molar-refractivity contribution >= 4 is 5.91 Å². The molecular formula is C16H32N2O. The van der Waals surface area contributed by atoms with E-state index in [0.29, 0.717) is 12.6 Å². The monoisotopic (exact) mass is 268 g/mol. The lowest BCUT2D eigenvalue weighted by Crippen LogP contribution is -2.49. The van der Waals surface area contributed by atoms with E-state index >= 15 is 0 Å². The maximum atomic E-state index is 12.0. The Hall–Kier alpha value is -0.570. The van der Waals surface area contributed by atoms with Gasteiger partial charge in [-0.1, -0.05) is 46.5 Å². The Morgan fingerprint density at radius 1 is 1.00 bits per heavy atom. The summed E-state index contributed by atoms with van der Waals surface area (Å²) in [4.78, 5) is 12.0. The number of carbonyl (C=O) groups excluding carboxylic acids is 1. The molecule has 0 aliphatic heterocycles. The van der Waals surface area contributed by atoms with Gasteiger partial charge in [-0.3, -0.25) is 4.79 Å². The largest absolute Gasteiger partial charge is 0.352 e. The van der Waals surface area contributed by atoms with Crippen molar-refractivity contribution in [2.45, 2.75) is 90.1 Å². The van der Waals surface area contributed by atoms with Gasteiger partial charge in [0, 0.05) is 11.6 Å². The van der Waals surface area contributed by atoms with Gasteiger partial charge in [-0.15, -0.1) is 0 Å². The third-order valence-electron chi connectivity index (χ3n) is 4.87. The topological polar surface area (TPSA) is 41.1 Å². The second kappa shape index (κ2) is 8.57. The third-order valence-corrected chi connectivity index (χ3v) is 4.87. The van der Waals surface area contributed by atoms with Crippen molar-refractivity contribution in [2.75, 3.05) is 6.54 Å². The highest BCUT2D eigenvalue weighted by molar-refractivity contribution is 5.78. The van der Waals surface area contributed by atoms with E-state index in [4.69, 9.17) is 0 Å². The van der Waals surface area contributed by atoms with Gasteiger partial charge in [0.05, 0.1) is 6.54 Å². The van der Waals surface area contributed by atoms with Crippen molar-refractivity contribution in [3.05, 3.63) is 0 Å². The molecule has 0 saturated heterocycles. The SMILES string of the molecule is CCC(CC)(CC)NCC(=O)NC1CCCCCC1. The van der Waals surface area contributed by atoms with Crippen molar-refractivity contribution in [3.8, 4) is 0 Å². The van der Waals surface area contributed by atoms with Gasteiger partial charge in [-0.2, -0.15) is 0 Å². The molecule has 1 aliphatic carbocycles. The molecule has 0 heterocycles. The number of amides is 1. The molecule has 1 rings (SSSR count). The predicted molar refractivity (Wildman–Crippen MR) is 81.2 cm³/mol. The van der Waals surface area contributed by atoms with Crippen LogP contribution in [0, 0.1) is 0 Å². The lowest BCUT2D eigenvalue weighted by atomic mass is 9.90. The minimum absolute atomic E-state index is 0.140. The standard InChI is InChI=1S/C16H32N2O/c1-4-16(5-2,6-3)17-13-15(19)18-14-11-9-7-8-10-12-14/h14,17H,4-13H2,1-3H3,(H,18,19). The zero-order valence-corrected chi connectivity index (χ0v) is 13.1. The van der Waals surface area contributed by atoms with Crippen LogP contribution in [0.1, 0.15) is 78.6 Å². The van der Waals surface area contributed by atoms with Gasteiger partial charge in [0.1, 0.15) is 0 Å². The van der Waals surface area contributed by atoms with Crippen LogP contribution in [0.3, 0.4) is 0 Å². The van der Waals surface area contributed by atoms with Crippen LogP contribution in [0.2, 0.25) is 0 Å². The smallest absolute Gasteiger partial charge is 0.234 e. The molecule has 19 heavy (non-hydrogen) atoms. The Labute approximate surface area is 118 Å². The van der Waals surface area contributed by atoms with Gasteiger partial charge < -0.3 is 10.6 Å². The van der Waals surface area contributed by atoms with Crippen LogP contribution in [-0.4, -0.2) is 24.0 Å². The summed E-state index contributed by atoms with van der Waals surface area (Å²) in [5, 5.41) is 6.68. The average molecular weight is 268 g/mol. The molecule has 112 valence electrons. The first kappa shape index (κ1) is 16.5. The number of hydrogen-bond donors (Lipinski definition) is 2. The lowest BCUT2D eigenvalue weighted by molar-refractivity contribution is -0.121. The normalized spacial score (nSPS) is 18.1. The van der Waals surface area contributed by atoms with E-state index in [1.807, 2.05) is 0 Å². The van der Waals surface area contributed by atoms with Crippen molar-refractivity contribution in [1.29, 1.82) is 0 Å². The van der Waals surface area contributed by atoms with E-state index in [1.165, 1.54) is 25.7 Å². The zero-order valence-electron chi connectivity index (χ0n) is 13.1. The highest BCUT2D eigenvalue weighted by Gasteiger charge is 2.24. The Balaban J connectivity index is 2.33. The number of carbonyl (C=O) groups is 1. The van der Waals surface area contributed by atoms with Crippen LogP contribution in [0.5, 0.6) is 0 Å². The van der Waals surface area contributed by atoms with E-state index in [-0.39, 0.29) is 11.4 Å². The predicted octanol–water partition coefficient (Wildman–Crippen LogP) is 3.38. The third kappa shape index (κ3) is 5.52. The molecule has 1 aliphatic rings. The highest BCUT2D eigenvalue weighted by atomic mass is 16.2. The van der Waals surface area contributed by atoms with Crippen molar-refractivity contribution < 1.29 is 4.79 Å². The number of nitrogens with one attached hydrogen (secondary N) is 2. The minimum atomic E-state index is 0.140. The Morgan fingerprint density at radius 2 is 1.53 bits per heavy atom. The molecule has 1 fully saturated rings. The number of rotatable bonds is 7. The second-order valence-corrected chi connectivity index (χ2v) is 5.95.